The van der Waals surface area contributed by atoms with Crippen molar-refractivity contribution in [2.45, 2.75) is 28.4 Å². The predicted molar refractivity (Wildman–Crippen MR) is 103 cm³/mol. The Balaban J connectivity index is 1.94. The first-order valence-electron chi connectivity index (χ1n) is 7.71. The first kappa shape index (κ1) is 19.8. The highest BCUT2D eigenvalue weighted by Gasteiger charge is 2.42. The predicted octanol–water partition coefficient (Wildman–Crippen LogP) is 3.80. The van der Waals surface area contributed by atoms with Gasteiger partial charge in [0, 0.05) is 22.2 Å². The zero-order valence-electron chi connectivity index (χ0n) is 14.0. The van der Waals surface area contributed by atoms with Crippen molar-refractivity contribution in [3.63, 3.8) is 0 Å². The van der Waals surface area contributed by atoms with Gasteiger partial charge in [0.25, 0.3) is 0 Å². The van der Waals surface area contributed by atoms with Crippen molar-refractivity contribution in [1.82, 2.24) is 5.32 Å². The highest BCUT2D eigenvalue weighted by Crippen LogP contribution is 2.25. The Morgan fingerprint density at radius 3 is 2.28 bits per heavy atom. The number of sulfone groups is 1. The molecule has 0 aromatic heterocycles. The first-order valence-corrected chi connectivity index (χ1v) is 10.6. The largest absolute Gasteiger partial charge is 0.354 e. The molecule has 2 rings (SSSR count). The molecule has 2 aromatic carbocycles. The summed E-state index contributed by atoms with van der Waals surface area (Å²) in [5.74, 6) is 0.127. The van der Waals surface area contributed by atoms with E-state index in [2.05, 4.69) is 5.32 Å². The molecule has 2 aromatic rings. The van der Waals surface area contributed by atoms with Crippen LogP contribution >= 0.6 is 23.4 Å². The van der Waals surface area contributed by atoms with Crippen LogP contribution in [0.5, 0.6) is 0 Å². The summed E-state index contributed by atoms with van der Waals surface area (Å²) in [7, 11) is -3.77. The van der Waals surface area contributed by atoms with Gasteiger partial charge in [-0.2, -0.15) is 0 Å². The molecule has 0 saturated carbocycles. The molecule has 0 fully saturated rings. The summed E-state index contributed by atoms with van der Waals surface area (Å²) >= 11 is 7.40. The van der Waals surface area contributed by atoms with Crippen LogP contribution in [-0.2, 0) is 14.6 Å². The van der Waals surface area contributed by atoms with Crippen molar-refractivity contribution in [3.05, 3.63) is 59.6 Å². The van der Waals surface area contributed by atoms with Crippen molar-refractivity contribution < 1.29 is 13.2 Å². The van der Waals surface area contributed by atoms with Crippen molar-refractivity contribution in [2.75, 3.05) is 12.3 Å². The van der Waals surface area contributed by atoms with E-state index in [1.807, 2.05) is 12.1 Å². The third kappa shape index (κ3) is 4.77. The minimum atomic E-state index is -3.77. The van der Waals surface area contributed by atoms with Gasteiger partial charge < -0.3 is 5.32 Å². The summed E-state index contributed by atoms with van der Waals surface area (Å²) in [5.41, 5.74) is 0. The van der Waals surface area contributed by atoms with Gasteiger partial charge in [-0.15, -0.1) is 11.8 Å². The van der Waals surface area contributed by atoms with E-state index in [0.29, 0.717) is 17.3 Å². The minimum absolute atomic E-state index is 0.144. The molecule has 0 radical (unpaired) electrons. The van der Waals surface area contributed by atoms with Crippen LogP contribution in [0.1, 0.15) is 13.8 Å². The second-order valence-electron chi connectivity index (χ2n) is 5.89. The molecule has 4 nitrogen and oxygen atoms in total. The fourth-order valence-electron chi connectivity index (χ4n) is 2.09. The first-order chi connectivity index (χ1) is 11.7. The van der Waals surface area contributed by atoms with Gasteiger partial charge in [0.15, 0.2) is 9.84 Å². The molecule has 1 N–H and O–H groups in total. The molecule has 0 atom stereocenters. The highest BCUT2D eigenvalue weighted by molar-refractivity contribution is 7.99. The second kappa shape index (κ2) is 8.25. The average molecular weight is 398 g/mol. The summed E-state index contributed by atoms with van der Waals surface area (Å²) < 4.78 is 23.9. The molecule has 25 heavy (non-hydrogen) atoms. The van der Waals surface area contributed by atoms with Gasteiger partial charge in [-0.1, -0.05) is 29.8 Å². The van der Waals surface area contributed by atoms with E-state index in [-0.39, 0.29) is 4.90 Å². The molecule has 1 amide bonds. The summed E-state index contributed by atoms with van der Waals surface area (Å²) in [6.45, 7) is 3.23. The number of thioether (sulfide) groups is 1. The summed E-state index contributed by atoms with van der Waals surface area (Å²) in [5, 5.41) is 3.39. The summed E-state index contributed by atoms with van der Waals surface area (Å²) in [4.78, 5) is 13.6. The maximum atomic E-state index is 12.7. The lowest BCUT2D eigenvalue weighted by Crippen LogP contribution is -2.48. The van der Waals surface area contributed by atoms with Crippen molar-refractivity contribution in [1.29, 1.82) is 0 Å². The molecule has 0 aliphatic rings. The fourth-order valence-corrected chi connectivity index (χ4v) is 4.41. The van der Waals surface area contributed by atoms with Crippen molar-refractivity contribution in [2.24, 2.45) is 0 Å². The smallest absolute Gasteiger partial charge is 0.241 e. The number of rotatable bonds is 7. The average Bonchev–Trinajstić information content (AvgIpc) is 2.60. The SMILES string of the molecule is CC(C)(C(=O)NCCSc1ccc(Cl)cc1)S(=O)(=O)c1ccccc1. The third-order valence-corrected chi connectivity index (χ3v) is 7.43. The quantitative estimate of drug-likeness (QED) is 0.570. The Morgan fingerprint density at radius 1 is 1.08 bits per heavy atom. The summed E-state index contributed by atoms with van der Waals surface area (Å²) in [6.07, 6.45) is 0. The van der Waals surface area contributed by atoms with Crippen LogP contribution in [0.2, 0.25) is 5.02 Å². The maximum Gasteiger partial charge on any atom is 0.241 e. The monoisotopic (exact) mass is 397 g/mol. The number of nitrogens with one attached hydrogen (secondary N) is 1. The Morgan fingerprint density at radius 2 is 1.68 bits per heavy atom. The van der Waals surface area contributed by atoms with E-state index < -0.39 is 20.5 Å². The Hall–Kier alpha value is -1.50. The number of hydrogen-bond donors (Lipinski definition) is 1. The normalized spacial score (nSPS) is 12.0. The number of hydrogen-bond acceptors (Lipinski definition) is 4. The third-order valence-electron chi connectivity index (χ3n) is 3.74. The van der Waals surface area contributed by atoms with E-state index in [0.717, 1.165) is 4.90 Å². The number of carbonyl (C=O) groups is 1. The van der Waals surface area contributed by atoms with E-state index in [1.165, 1.54) is 26.0 Å². The molecular weight excluding hydrogens is 378 g/mol. The van der Waals surface area contributed by atoms with Crippen molar-refractivity contribution in [3.8, 4) is 0 Å². The highest BCUT2D eigenvalue weighted by atomic mass is 35.5. The van der Waals surface area contributed by atoms with Crippen LogP contribution < -0.4 is 5.32 Å². The van der Waals surface area contributed by atoms with Gasteiger partial charge >= 0.3 is 0 Å². The van der Waals surface area contributed by atoms with E-state index in [4.69, 9.17) is 11.6 Å². The number of halogens is 1. The van der Waals surface area contributed by atoms with Gasteiger partial charge in [-0.05, 0) is 50.2 Å². The molecule has 0 aliphatic carbocycles. The molecular formula is C18H20ClNO3S2. The lowest BCUT2D eigenvalue weighted by atomic mass is 10.2. The summed E-state index contributed by atoms with van der Waals surface area (Å²) in [6, 6.07) is 15.4. The van der Waals surface area contributed by atoms with E-state index in [9.17, 15) is 13.2 Å². The number of benzene rings is 2. The van der Waals surface area contributed by atoms with Crippen LogP contribution in [0.25, 0.3) is 0 Å². The second-order valence-corrected chi connectivity index (χ2v) is 9.99. The molecule has 0 heterocycles. The molecule has 0 unspecified atom stereocenters. The standard InChI is InChI=1S/C18H20ClNO3S2/c1-18(2,25(22,23)16-6-4-3-5-7-16)17(21)20-12-13-24-15-10-8-14(19)9-11-15/h3-11H,12-13H2,1-2H3,(H,20,21). The van der Waals surface area contributed by atoms with Gasteiger partial charge in [-0.25, -0.2) is 8.42 Å². The van der Waals surface area contributed by atoms with Crippen LogP contribution in [0.3, 0.4) is 0 Å². The number of carbonyl (C=O) groups excluding carboxylic acids is 1. The van der Waals surface area contributed by atoms with Crippen LogP contribution in [-0.4, -0.2) is 31.4 Å². The topological polar surface area (TPSA) is 63.2 Å². The van der Waals surface area contributed by atoms with Crippen LogP contribution in [0.4, 0.5) is 0 Å². The fraction of sp³-hybridized carbons (Fsp3) is 0.278. The Bertz CT molecular complexity index is 819. The maximum absolute atomic E-state index is 12.7. The minimum Gasteiger partial charge on any atom is -0.354 e. The lowest BCUT2D eigenvalue weighted by molar-refractivity contribution is -0.122. The molecule has 0 bridgehead atoms. The van der Waals surface area contributed by atoms with Gasteiger partial charge in [-0.3, -0.25) is 4.79 Å². The zero-order valence-corrected chi connectivity index (χ0v) is 16.4. The molecule has 0 aliphatic heterocycles. The molecule has 0 spiro atoms. The number of amides is 1. The Labute approximate surface area is 157 Å². The molecule has 7 heteroatoms. The van der Waals surface area contributed by atoms with Crippen LogP contribution in [0.15, 0.2) is 64.4 Å². The van der Waals surface area contributed by atoms with E-state index >= 15 is 0 Å². The lowest BCUT2D eigenvalue weighted by Gasteiger charge is -2.23. The van der Waals surface area contributed by atoms with Gasteiger partial charge in [0.05, 0.1) is 4.90 Å². The van der Waals surface area contributed by atoms with Gasteiger partial charge in [0.1, 0.15) is 4.75 Å². The van der Waals surface area contributed by atoms with Gasteiger partial charge in [0.2, 0.25) is 5.91 Å². The van der Waals surface area contributed by atoms with E-state index in [1.54, 1.807) is 42.1 Å². The van der Waals surface area contributed by atoms with Crippen LogP contribution in [0, 0.1) is 0 Å². The molecule has 134 valence electrons. The molecule has 0 saturated heterocycles. The Kier molecular flexibility index (Phi) is 6.54. The van der Waals surface area contributed by atoms with Crippen molar-refractivity contribution >= 4 is 39.1 Å². The zero-order chi connectivity index (χ0) is 18.5.